The van der Waals surface area contributed by atoms with Crippen molar-refractivity contribution in [1.29, 1.82) is 0 Å². The Morgan fingerprint density at radius 2 is 2.20 bits per heavy atom. The van der Waals surface area contributed by atoms with Crippen LogP contribution in [0, 0.1) is 0 Å². The summed E-state index contributed by atoms with van der Waals surface area (Å²) in [7, 11) is 0. The molecule has 0 radical (unpaired) electrons. The lowest BCUT2D eigenvalue weighted by Crippen LogP contribution is -1.91. The Morgan fingerprint density at radius 3 is 3.00 bits per heavy atom. The van der Waals surface area contributed by atoms with Gasteiger partial charge in [-0.25, -0.2) is 0 Å². The molecule has 0 atom stereocenters. The first-order valence-electron chi connectivity index (χ1n) is 4.38. The number of thiophene rings is 1. The Hall–Kier alpha value is -1.39. The molecular formula is C10H6ClN3S. The predicted octanol–water partition coefficient (Wildman–Crippen LogP) is 3.14. The fraction of sp³-hybridized carbons (Fsp3) is 0. The molecular weight excluding hydrogens is 230 g/mol. The molecule has 0 aliphatic heterocycles. The molecule has 0 amide bonds. The summed E-state index contributed by atoms with van der Waals surface area (Å²) in [5.74, 6) is 0. The molecule has 1 aromatic carbocycles. The number of hydrogen-bond acceptors (Lipinski definition) is 3. The van der Waals surface area contributed by atoms with Gasteiger partial charge in [0.05, 0.1) is 5.69 Å². The van der Waals surface area contributed by atoms with Gasteiger partial charge < -0.3 is 0 Å². The Bertz CT molecular complexity index is 614. The average molecular weight is 236 g/mol. The minimum atomic E-state index is 0.379. The highest BCUT2D eigenvalue weighted by atomic mass is 35.5. The summed E-state index contributed by atoms with van der Waals surface area (Å²) < 4.78 is 3.02. The molecule has 15 heavy (non-hydrogen) atoms. The van der Waals surface area contributed by atoms with E-state index in [2.05, 4.69) is 33.8 Å². The van der Waals surface area contributed by atoms with Crippen molar-refractivity contribution >= 4 is 33.0 Å². The van der Waals surface area contributed by atoms with Gasteiger partial charge in [-0.2, -0.15) is 0 Å². The van der Waals surface area contributed by atoms with E-state index in [0.717, 1.165) is 5.69 Å². The fourth-order valence-electron chi connectivity index (χ4n) is 1.50. The molecule has 5 heteroatoms. The third-order valence-corrected chi connectivity index (χ3v) is 3.38. The highest BCUT2D eigenvalue weighted by molar-refractivity contribution is 7.17. The molecule has 0 spiro atoms. The lowest BCUT2D eigenvalue weighted by molar-refractivity contribution is 1.06. The molecule has 3 aromatic rings. The third-order valence-electron chi connectivity index (χ3n) is 2.22. The van der Waals surface area contributed by atoms with E-state index in [0.29, 0.717) is 5.28 Å². The normalized spacial score (nSPS) is 11.0. The van der Waals surface area contributed by atoms with Gasteiger partial charge >= 0.3 is 0 Å². The second-order valence-electron chi connectivity index (χ2n) is 3.11. The minimum absolute atomic E-state index is 0.379. The van der Waals surface area contributed by atoms with Gasteiger partial charge in [0.25, 0.3) is 0 Å². The van der Waals surface area contributed by atoms with Crippen molar-refractivity contribution in [1.82, 2.24) is 14.8 Å². The zero-order valence-corrected chi connectivity index (χ0v) is 9.16. The summed E-state index contributed by atoms with van der Waals surface area (Å²) in [4.78, 5) is 0. The summed E-state index contributed by atoms with van der Waals surface area (Å²) >= 11 is 7.62. The quantitative estimate of drug-likeness (QED) is 0.649. The third kappa shape index (κ3) is 1.42. The SMILES string of the molecule is Clc1nncn1-c1ccc2sccc2c1. The Labute approximate surface area is 94.9 Å². The van der Waals surface area contributed by atoms with Crippen LogP contribution in [0.5, 0.6) is 0 Å². The Morgan fingerprint density at radius 1 is 1.27 bits per heavy atom. The molecule has 0 aliphatic carbocycles. The summed E-state index contributed by atoms with van der Waals surface area (Å²) in [5.41, 5.74) is 0.982. The number of fused-ring (bicyclic) bond motifs is 1. The summed E-state index contributed by atoms with van der Waals surface area (Å²) in [6.45, 7) is 0. The zero-order chi connectivity index (χ0) is 10.3. The number of benzene rings is 1. The molecule has 2 aromatic heterocycles. The summed E-state index contributed by atoms with van der Waals surface area (Å²) in [6.07, 6.45) is 1.61. The smallest absolute Gasteiger partial charge is 0.229 e. The van der Waals surface area contributed by atoms with Gasteiger partial charge in [-0.3, -0.25) is 4.57 Å². The number of nitrogens with zero attached hydrogens (tertiary/aromatic N) is 3. The number of hydrogen-bond donors (Lipinski definition) is 0. The average Bonchev–Trinajstić information content (AvgIpc) is 2.84. The van der Waals surface area contributed by atoms with Crippen molar-refractivity contribution in [2.24, 2.45) is 0 Å². The zero-order valence-electron chi connectivity index (χ0n) is 7.59. The van der Waals surface area contributed by atoms with Crippen LogP contribution in [-0.2, 0) is 0 Å². The lowest BCUT2D eigenvalue weighted by atomic mass is 10.2. The second kappa shape index (κ2) is 3.32. The van der Waals surface area contributed by atoms with Gasteiger partial charge in [0.1, 0.15) is 6.33 Å². The number of rotatable bonds is 1. The van der Waals surface area contributed by atoms with Crippen LogP contribution in [0.15, 0.2) is 36.0 Å². The highest BCUT2D eigenvalue weighted by Crippen LogP contribution is 2.24. The molecule has 3 nitrogen and oxygen atoms in total. The standard InChI is InChI=1S/C10H6ClN3S/c11-10-13-12-6-14(10)8-1-2-9-7(5-8)3-4-15-9/h1-6H. The van der Waals surface area contributed by atoms with E-state index in [9.17, 15) is 0 Å². The maximum absolute atomic E-state index is 5.89. The minimum Gasteiger partial charge on any atom is -0.272 e. The van der Waals surface area contributed by atoms with E-state index < -0.39 is 0 Å². The Kier molecular flexibility index (Phi) is 1.97. The molecule has 0 saturated heterocycles. The van der Waals surface area contributed by atoms with Crippen molar-refractivity contribution in [3.63, 3.8) is 0 Å². The van der Waals surface area contributed by atoms with Crippen LogP contribution in [0.2, 0.25) is 5.28 Å². The molecule has 0 bridgehead atoms. The van der Waals surface area contributed by atoms with Gasteiger partial charge in [0.15, 0.2) is 0 Å². The van der Waals surface area contributed by atoms with E-state index in [-0.39, 0.29) is 0 Å². The van der Waals surface area contributed by atoms with Crippen molar-refractivity contribution < 1.29 is 0 Å². The molecule has 0 unspecified atom stereocenters. The summed E-state index contributed by atoms with van der Waals surface area (Å²) in [6, 6.07) is 8.24. The second-order valence-corrected chi connectivity index (χ2v) is 4.40. The highest BCUT2D eigenvalue weighted by Gasteiger charge is 2.04. The van der Waals surface area contributed by atoms with Gasteiger partial charge in [0, 0.05) is 4.70 Å². The lowest BCUT2D eigenvalue weighted by Gasteiger charge is -2.01. The maximum Gasteiger partial charge on any atom is 0.229 e. The van der Waals surface area contributed by atoms with Crippen molar-refractivity contribution in [3.8, 4) is 5.69 Å². The first-order chi connectivity index (χ1) is 7.34. The molecule has 0 aliphatic rings. The van der Waals surface area contributed by atoms with E-state index in [1.165, 1.54) is 10.1 Å². The number of halogens is 1. The van der Waals surface area contributed by atoms with Crippen LogP contribution in [0.25, 0.3) is 15.8 Å². The van der Waals surface area contributed by atoms with Gasteiger partial charge in [-0.15, -0.1) is 21.5 Å². The number of aromatic nitrogens is 3. The monoisotopic (exact) mass is 235 g/mol. The van der Waals surface area contributed by atoms with Gasteiger partial charge in [-0.1, -0.05) is 0 Å². The van der Waals surface area contributed by atoms with E-state index in [1.807, 2.05) is 6.07 Å². The van der Waals surface area contributed by atoms with Crippen molar-refractivity contribution in [2.75, 3.05) is 0 Å². The summed E-state index contributed by atoms with van der Waals surface area (Å²) in [5, 5.41) is 11.2. The van der Waals surface area contributed by atoms with Crippen LogP contribution in [-0.4, -0.2) is 14.8 Å². The molecule has 3 rings (SSSR count). The van der Waals surface area contributed by atoms with E-state index in [1.54, 1.807) is 22.2 Å². The van der Waals surface area contributed by atoms with E-state index >= 15 is 0 Å². The van der Waals surface area contributed by atoms with Crippen molar-refractivity contribution in [2.45, 2.75) is 0 Å². The van der Waals surface area contributed by atoms with Crippen LogP contribution >= 0.6 is 22.9 Å². The maximum atomic E-state index is 5.89. The molecule has 74 valence electrons. The largest absolute Gasteiger partial charge is 0.272 e. The first-order valence-corrected chi connectivity index (χ1v) is 5.63. The molecule has 0 N–H and O–H groups in total. The first kappa shape index (κ1) is 8.88. The molecule has 0 fully saturated rings. The fourth-order valence-corrected chi connectivity index (χ4v) is 2.45. The van der Waals surface area contributed by atoms with Crippen LogP contribution in [0.3, 0.4) is 0 Å². The predicted molar refractivity (Wildman–Crippen MR) is 61.8 cm³/mol. The van der Waals surface area contributed by atoms with Crippen LogP contribution < -0.4 is 0 Å². The van der Waals surface area contributed by atoms with Crippen LogP contribution in [0.1, 0.15) is 0 Å². The van der Waals surface area contributed by atoms with Crippen LogP contribution in [0.4, 0.5) is 0 Å². The topological polar surface area (TPSA) is 30.7 Å². The molecule has 0 saturated carbocycles. The molecule has 2 heterocycles. The Balaban J connectivity index is 2.23. The van der Waals surface area contributed by atoms with Gasteiger partial charge in [-0.05, 0) is 46.6 Å². The van der Waals surface area contributed by atoms with Crippen molar-refractivity contribution in [3.05, 3.63) is 41.3 Å². The van der Waals surface area contributed by atoms with Gasteiger partial charge in [0.2, 0.25) is 5.28 Å². The van der Waals surface area contributed by atoms with E-state index in [4.69, 9.17) is 11.6 Å².